The van der Waals surface area contributed by atoms with Crippen molar-refractivity contribution >= 4 is 11.6 Å². The van der Waals surface area contributed by atoms with Gasteiger partial charge in [0, 0.05) is 11.6 Å². The lowest BCUT2D eigenvalue weighted by molar-refractivity contribution is 0.288. The molecule has 3 heteroatoms. The zero-order valence-corrected chi connectivity index (χ0v) is 10.5. The Bertz CT molecular complexity index is 313. The molecule has 0 saturated heterocycles. The highest BCUT2D eigenvalue weighted by Crippen LogP contribution is 2.23. The van der Waals surface area contributed by atoms with Crippen LogP contribution in [-0.4, -0.2) is 18.3 Å². The maximum atomic E-state index is 8.75. The van der Waals surface area contributed by atoms with E-state index in [1.807, 2.05) is 18.2 Å². The van der Waals surface area contributed by atoms with Crippen LogP contribution in [0.2, 0.25) is 5.02 Å². The van der Waals surface area contributed by atoms with Crippen LogP contribution < -0.4 is 4.74 Å². The summed E-state index contributed by atoms with van der Waals surface area (Å²) in [4.78, 5) is 0. The maximum absolute atomic E-state index is 8.75. The Morgan fingerprint density at radius 2 is 2.12 bits per heavy atom. The third-order valence-electron chi connectivity index (χ3n) is 2.40. The van der Waals surface area contributed by atoms with Gasteiger partial charge in [-0.15, -0.1) is 0 Å². The normalized spacial score (nSPS) is 10.4. The van der Waals surface area contributed by atoms with E-state index in [9.17, 15) is 0 Å². The van der Waals surface area contributed by atoms with Crippen molar-refractivity contribution in [2.75, 3.05) is 13.2 Å². The van der Waals surface area contributed by atoms with Gasteiger partial charge in [0.2, 0.25) is 0 Å². The zero-order chi connectivity index (χ0) is 11.8. The van der Waals surface area contributed by atoms with Crippen LogP contribution in [0, 0.1) is 0 Å². The van der Waals surface area contributed by atoms with E-state index in [4.69, 9.17) is 21.4 Å². The maximum Gasteiger partial charge on any atom is 0.120 e. The molecular formula is C13H19ClO2. The topological polar surface area (TPSA) is 29.5 Å². The predicted molar refractivity (Wildman–Crippen MR) is 67.3 cm³/mol. The molecule has 1 rings (SSSR count). The van der Waals surface area contributed by atoms with Gasteiger partial charge < -0.3 is 9.84 Å². The molecule has 1 aromatic carbocycles. The third kappa shape index (κ3) is 4.42. The summed E-state index contributed by atoms with van der Waals surface area (Å²) >= 11 is 6.12. The van der Waals surface area contributed by atoms with Gasteiger partial charge in [-0.2, -0.15) is 0 Å². The number of unbranched alkanes of at least 4 members (excludes halogenated alkanes) is 1. The quantitative estimate of drug-likeness (QED) is 0.743. The lowest BCUT2D eigenvalue weighted by atomic mass is 10.1. The minimum atomic E-state index is 0.199. The Hall–Kier alpha value is -0.730. The molecule has 2 nitrogen and oxygen atoms in total. The van der Waals surface area contributed by atoms with Gasteiger partial charge in [0.25, 0.3) is 0 Å². The first-order valence-electron chi connectivity index (χ1n) is 5.80. The molecule has 0 aromatic heterocycles. The third-order valence-corrected chi connectivity index (χ3v) is 2.75. The number of hydrogen-bond donors (Lipinski definition) is 1. The Morgan fingerprint density at radius 3 is 2.75 bits per heavy atom. The van der Waals surface area contributed by atoms with E-state index in [2.05, 4.69) is 6.92 Å². The first-order chi connectivity index (χ1) is 7.77. The van der Waals surface area contributed by atoms with E-state index < -0.39 is 0 Å². The molecule has 0 aliphatic rings. The van der Waals surface area contributed by atoms with E-state index >= 15 is 0 Å². The second-order valence-corrected chi connectivity index (χ2v) is 4.19. The predicted octanol–water partition coefficient (Wildman–Crippen LogP) is 3.44. The van der Waals surface area contributed by atoms with Crippen molar-refractivity contribution in [2.24, 2.45) is 0 Å². The first kappa shape index (κ1) is 13.3. The number of aliphatic hydroxyl groups excluding tert-OH is 1. The molecule has 90 valence electrons. The monoisotopic (exact) mass is 242 g/mol. The number of rotatable bonds is 7. The molecule has 0 spiro atoms. The van der Waals surface area contributed by atoms with Crippen LogP contribution in [0.15, 0.2) is 18.2 Å². The van der Waals surface area contributed by atoms with Gasteiger partial charge in [-0.05, 0) is 37.0 Å². The van der Waals surface area contributed by atoms with Crippen molar-refractivity contribution in [1.29, 1.82) is 0 Å². The van der Waals surface area contributed by atoms with Gasteiger partial charge in [-0.25, -0.2) is 0 Å². The summed E-state index contributed by atoms with van der Waals surface area (Å²) < 4.78 is 5.55. The number of ether oxygens (including phenoxy) is 1. The summed E-state index contributed by atoms with van der Waals surface area (Å²) in [5.41, 5.74) is 1.07. The van der Waals surface area contributed by atoms with E-state index in [0.717, 1.165) is 48.6 Å². The largest absolute Gasteiger partial charge is 0.494 e. The number of aryl methyl sites for hydroxylation is 1. The molecule has 0 unspecified atom stereocenters. The molecule has 0 radical (unpaired) electrons. The fraction of sp³-hybridized carbons (Fsp3) is 0.538. The summed E-state index contributed by atoms with van der Waals surface area (Å²) in [5, 5.41) is 9.47. The second-order valence-electron chi connectivity index (χ2n) is 3.78. The molecule has 0 amide bonds. The standard InChI is InChI=1S/C13H19ClO2/c1-2-3-9-16-12-7-6-11(5-4-8-15)13(14)10-12/h6-7,10,15H,2-5,8-9H2,1H3. The summed E-state index contributed by atoms with van der Waals surface area (Å²) in [6.45, 7) is 3.07. The molecule has 0 bridgehead atoms. The fourth-order valence-corrected chi connectivity index (χ4v) is 1.69. The van der Waals surface area contributed by atoms with E-state index in [0.29, 0.717) is 0 Å². The Labute approximate surface area is 102 Å². The minimum Gasteiger partial charge on any atom is -0.494 e. The Morgan fingerprint density at radius 1 is 1.31 bits per heavy atom. The smallest absolute Gasteiger partial charge is 0.120 e. The highest BCUT2D eigenvalue weighted by molar-refractivity contribution is 6.31. The molecule has 0 aliphatic heterocycles. The van der Waals surface area contributed by atoms with Crippen LogP contribution in [0.5, 0.6) is 5.75 Å². The molecule has 0 fully saturated rings. The van der Waals surface area contributed by atoms with Gasteiger partial charge in [-0.1, -0.05) is 31.0 Å². The molecule has 1 N–H and O–H groups in total. The van der Waals surface area contributed by atoms with E-state index in [-0.39, 0.29) is 6.61 Å². The summed E-state index contributed by atoms with van der Waals surface area (Å²) in [6.07, 6.45) is 3.74. The average molecular weight is 243 g/mol. The van der Waals surface area contributed by atoms with Gasteiger partial charge in [0.1, 0.15) is 5.75 Å². The number of halogens is 1. The van der Waals surface area contributed by atoms with Crippen LogP contribution >= 0.6 is 11.6 Å². The molecule has 0 atom stereocenters. The van der Waals surface area contributed by atoms with Gasteiger partial charge in [-0.3, -0.25) is 0 Å². The average Bonchev–Trinajstić information content (AvgIpc) is 2.28. The van der Waals surface area contributed by atoms with Crippen LogP contribution in [0.4, 0.5) is 0 Å². The van der Waals surface area contributed by atoms with Gasteiger partial charge in [0.15, 0.2) is 0 Å². The zero-order valence-electron chi connectivity index (χ0n) is 9.71. The highest BCUT2D eigenvalue weighted by Gasteiger charge is 2.02. The fourth-order valence-electron chi connectivity index (χ4n) is 1.42. The molecule has 16 heavy (non-hydrogen) atoms. The van der Waals surface area contributed by atoms with Crippen molar-refractivity contribution in [3.8, 4) is 5.75 Å². The molecule has 0 aliphatic carbocycles. The summed E-state index contributed by atoms with van der Waals surface area (Å²) in [7, 11) is 0. The summed E-state index contributed by atoms with van der Waals surface area (Å²) in [6, 6.07) is 5.76. The SMILES string of the molecule is CCCCOc1ccc(CCCO)c(Cl)c1. The lowest BCUT2D eigenvalue weighted by Crippen LogP contribution is -1.97. The number of benzene rings is 1. The van der Waals surface area contributed by atoms with Crippen molar-refractivity contribution in [1.82, 2.24) is 0 Å². The Balaban J connectivity index is 2.53. The van der Waals surface area contributed by atoms with E-state index in [1.165, 1.54) is 0 Å². The molecule has 0 saturated carbocycles. The van der Waals surface area contributed by atoms with Crippen LogP contribution in [-0.2, 0) is 6.42 Å². The van der Waals surface area contributed by atoms with Crippen molar-refractivity contribution in [2.45, 2.75) is 32.6 Å². The van der Waals surface area contributed by atoms with Crippen molar-refractivity contribution in [3.05, 3.63) is 28.8 Å². The minimum absolute atomic E-state index is 0.199. The second kappa shape index (κ2) is 7.53. The van der Waals surface area contributed by atoms with Crippen LogP contribution in [0.25, 0.3) is 0 Å². The lowest BCUT2D eigenvalue weighted by Gasteiger charge is -2.08. The number of aliphatic hydroxyl groups is 1. The van der Waals surface area contributed by atoms with Crippen molar-refractivity contribution in [3.63, 3.8) is 0 Å². The molecule has 1 aromatic rings. The van der Waals surface area contributed by atoms with Crippen LogP contribution in [0.1, 0.15) is 31.7 Å². The molecule has 0 heterocycles. The summed E-state index contributed by atoms with van der Waals surface area (Å²) in [5.74, 6) is 0.825. The first-order valence-corrected chi connectivity index (χ1v) is 6.17. The van der Waals surface area contributed by atoms with Crippen molar-refractivity contribution < 1.29 is 9.84 Å². The van der Waals surface area contributed by atoms with Crippen LogP contribution in [0.3, 0.4) is 0 Å². The van der Waals surface area contributed by atoms with E-state index in [1.54, 1.807) is 0 Å². The van der Waals surface area contributed by atoms with Gasteiger partial charge in [0.05, 0.1) is 6.61 Å². The highest BCUT2D eigenvalue weighted by atomic mass is 35.5. The number of hydrogen-bond acceptors (Lipinski definition) is 2. The van der Waals surface area contributed by atoms with Gasteiger partial charge >= 0.3 is 0 Å². The molecular weight excluding hydrogens is 224 g/mol. The Kier molecular flexibility index (Phi) is 6.27.